The van der Waals surface area contributed by atoms with Crippen LogP contribution in [-0.4, -0.2) is 83.8 Å². The van der Waals surface area contributed by atoms with Crippen molar-refractivity contribution in [3.05, 3.63) is 39.9 Å². The first-order valence-electron chi connectivity index (χ1n) is 10.2. The second-order valence-electron chi connectivity index (χ2n) is 7.52. The molecule has 0 saturated carbocycles. The van der Waals surface area contributed by atoms with Gasteiger partial charge in [0, 0.05) is 64.5 Å². The number of nitrogens with zero attached hydrogens (tertiary/aromatic N) is 5. The smallest absolute Gasteiger partial charge is 0.274 e. The van der Waals surface area contributed by atoms with Gasteiger partial charge in [0.1, 0.15) is 0 Å². The number of amides is 1. The lowest BCUT2D eigenvalue weighted by Crippen LogP contribution is -2.57. The number of nitrogens with one attached hydrogen (secondary N) is 1. The second-order valence-corrected chi connectivity index (χ2v) is 7.52. The van der Waals surface area contributed by atoms with Crippen molar-refractivity contribution < 1.29 is 9.72 Å². The highest BCUT2D eigenvalue weighted by atomic mass is 127. The van der Waals surface area contributed by atoms with Crippen molar-refractivity contribution in [1.29, 1.82) is 0 Å². The minimum Gasteiger partial charge on any atom is -0.352 e. The third kappa shape index (κ3) is 5.81. The number of piperazine rings is 1. The van der Waals surface area contributed by atoms with E-state index in [1.165, 1.54) is 6.07 Å². The van der Waals surface area contributed by atoms with E-state index in [0.717, 1.165) is 58.1 Å². The SMILES string of the molecule is CN=C(NCc1ccccc1[N+](=O)[O-])N1CCN(C(C)C(=O)N2CCCC2)CC1.I. The van der Waals surface area contributed by atoms with Crippen molar-refractivity contribution in [2.24, 2.45) is 4.99 Å². The zero-order valence-electron chi connectivity index (χ0n) is 17.6. The van der Waals surface area contributed by atoms with Crippen LogP contribution in [0.15, 0.2) is 29.3 Å². The molecule has 3 rings (SSSR count). The second kappa shape index (κ2) is 11.4. The molecule has 1 unspecified atom stereocenters. The molecule has 0 aromatic heterocycles. The van der Waals surface area contributed by atoms with E-state index in [0.29, 0.717) is 12.1 Å². The van der Waals surface area contributed by atoms with E-state index in [1.807, 2.05) is 11.8 Å². The number of benzene rings is 1. The quantitative estimate of drug-likeness (QED) is 0.206. The van der Waals surface area contributed by atoms with Crippen molar-refractivity contribution in [3.8, 4) is 0 Å². The molecule has 30 heavy (non-hydrogen) atoms. The number of carbonyl (C=O) groups is 1. The van der Waals surface area contributed by atoms with E-state index in [1.54, 1.807) is 25.2 Å². The van der Waals surface area contributed by atoms with Crippen LogP contribution >= 0.6 is 24.0 Å². The van der Waals surface area contributed by atoms with Crippen LogP contribution < -0.4 is 5.32 Å². The molecular formula is C20H31IN6O3. The van der Waals surface area contributed by atoms with E-state index < -0.39 is 0 Å². The highest BCUT2D eigenvalue weighted by Gasteiger charge is 2.30. The molecule has 1 atom stereocenters. The minimum absolute atomic E-state index is 0. The third-order valence-electron chi connectivity index (χ3n) is 5.77. The van der Waals surface area contributed by atoms with Gasteiger partial charge >= 0.3 is 0 Å². The Morgan fingerprint density at radius 1 is 1.13 bits per heavy atom. The zero-order valence-corrected chi connectivity index (χ0v) is 20.0. The van der Waals surface area contributed by atoms with Gasteiger partial charge in [0.05, 0.1) is 11.0 Å². The summed E-state index contributed by atoms with van der Waals surface area (Å²) in [5, 5.41) is 14.4. The van der Waals surface area contributed by atoms with E-state index in [-0.39, 0.29) is 46.5 Å². The fourth-order valence-corrected chi connectivity index (χ4v) is 4.02. The standard InChI is InChI=1S/C20H30N6O3.HI/c1-16(19(27)24-9-5-6-10-24)23-11-13-25(14-12-23)20(21-2)22-15-17-7-3-4-8-18(17)26(28)29;/h3-4,7-8,16H,5-6,9-15H2,1-2H3,(H,21,22);1H. The summed E-state index contributed by atoms with van der Waals surface area (Å²) in [6.45, 7) is 7.19. The van der Waals surface area contributed by atoms with Gasteiger partial charge in [-0.1, -0.05) is 18.2 Å². The van der Waals surface area contributed by atoms with Crippen LogP contribution in [0, 0.1) is 10.1 Å². The molecule has 0 bridgehead atoms. The first-order valence-corrected chi connectivity index (χ1v) is 10.2. The monoisotopic (exact) mass is 530 g/mol. The normalized spacial score (nSPS) is 18.7. The van der Waals surface area contributed by atoms with Gasteiger partial charge in [-0.25, -0.2) is 0 Å². The topological polar surface area (TPSA) is 94.3 Å². The number of hydrogen-bond donors (Lipinski definition) is 1. The molecule has 1 aromatic carbocycles. The molecule has 10 heteroatoms. The van der Waals surface area contributed by atoms with Crippen molar-refractivity contribution >= 4 is 41.5 Å². The van der Waals surface area contributed by atoms with Crippen molar-refractivity contribution in [1.82, 2.24) is 20.0 Å². The number of aliphatic imine (C=N–C) groups is 1. The fraction of sp³-hybridized carbons (Fsp3) is 0.600. The number of hydrogen-bond acceptors (Lipinski definition) is 5. The van der Waals surface area contributed by atoms with E-state index in [2.05, 4.69) is 20.1 Å². The summed E-state index contributed by atoms with van der Waals surface area (Å²) in [6.07, 6.45) is 2.21. The van der Waals surface area contributed by atoms with Crippen LogP contribution in [0.25, 0.3) is 0 Å². The number of carbonyl (C=O) groups excluding carboxylic acids is 1. The van der Waals surface area contributed by atoms with Gasteiger partial charge in [-0.2, -0.15) is 0 Å². The fourth-order valence-electron chi connectivity index (χ4n) is 4.02. The average Bonchev–Trinajstić information content (AvgIpc) is 3.28. The summed E-state index contributed by atoms with van der Waals surface area (Å²) in [5.41, 5.74) is 0.733. The molecule has 1 aromatic rings. The first-order chi connectivity index (χ1) is 14.0. The predicted octanol–water partition coefficient (Wildman–Crippen LogP) is 1.92. The van der Waals surface area contributed by atoms with Crippen molar-refractivity contribution in [2.75, 3.05) is 46.3 Å². The summed E-state index contributed by atoms with van der Waals surface area (Å²) >= 11 is 0. The van der Waals surface area contributed by atoms with Crippen molar-refractivity contribution in [3.63, 3.8) is 0 Å². The molecule has 166 valence electrons. The molecule has 2 aliphatic heterocycles. The molecule has 2 aliphatic rings. The Morgan fingerprint density at radius 2 is 1.77 bits per heavy atom. The number of likely N-dealkylation sites (tertiary alicyclic amines) is 1. The molecule has 0 aliphatic carbocycles. The van der Waals surface area contributed by atoms with E-state index >= 15 is 0 Å². The summed E-state index contributed by atoms with van der Waals surface area (Å²) in [4.78, 5) is 34.1. The molecule has 1 N–H and O–H groups in total. The first kappa shape index (κ1) is 24.3. The van der Waals surface area contributed by atoms with Gasteiger partial charge in [0.15, 0.2) is 5.96 Å². The third-order valence-corrected chi connectivity index (χ3v) is 5.77. The van der Waals surface area contributed by atoms with Gasteiger partial charge in [0.2, 0.25) is 5.91 Å². The lowest BCUT2D eigenvalue weighted by molar-refractivity contribution is -0.385. The summed E-state index contributed by atoms with van der Waals surface area (Å²) in [5.74, 6) is 0.955. The highest BCUT2D eigenvalue weighted by molar-refractivity contribution is 14.0. The van der Waals surface area contributed by atoms with Crippen LogP contribution in [0.3, 0.4) is 0 Å². The highest BCUT2D eigenvalue weighted by Crippen LogP contribution is 2.18. The van der Waals surface area contributed by atoms with Crippen LogP contribution in [0.5, 0.6) is 0 Å². The molecule has 2 saturated heterocycles. The van der Waals surface area contributed by atoms with Gasteiger partial charge in [-0.15, -0.1) is 24.0 Å². The lowest BCUT2D eigenvalue weighted by Gasteiger charge is -2.39. The van der Waals surface area contributed by atoms with Crippen LogP contribution in [0.4, 0.5) is 5.69 Å². The maximum Gasteiger partial charge on any atom is 0.274 e. The number of guanidine groups is 1. The Kier molecular flexibility index (Phi) is 9.28. The maximum absolute atomic E-state index is 12.6. The van der Waals surface area contributed by atoms with Crippen molar-refractivity contribution in [2.45, 2.75) is 32.4 Å². The molecular weight excluding hydrogens is 499 g/mol. The number of para-hydroxylation sites is 1. The summed E-state index contributed by atoms with van der Waals surface area (Å²) in [7, 11) is 1.72. The number of nitro benzene ring substituents is 1. The van der Waals surface area contributed by atoms with E-state index in [9.17, 15) is 14.9 Å². The van der Waals surface area contributed by atoms with Gasteiger partial charge < -0.3 is 15.1 Å². The average molecular weight is 530 g/mol. The Hall–Kier alpha value is -1.95. The van der Waals surface area contributed by atoms with Crippen LogP contribution in [-0.2, 0) is 11.3 Å². The number of nitro groups is 1. The molecule has 1 amide bonds. The zero-order chi connectivity index (χ0) is 20.8. The Bertz CT molecular complexity index is 761. The molecule has 0 radical (unpaired) electrons. The summed E-state index contributed by atoms with van der Waals surface area (Å²) < 4.78 is 0. The molecule has 2 fully saturated rings. The van der Waals surface area contributed by atoms with Gasteiger partial charge in [0.25, 0.3) is 5.69 Å². The summed E-state index contributed by atoms with van der Waals surface area (Å²) in [6, 6.07) is 6.63. The Labute approximate surface area is 194 Å². The molecule has 2 heterocycles. The van der Waals surface area contributed by atoms with Crippen LogP contribution in [0.2, 0.25) is 0 Å². The number of rotatable bonds is 5. The van der Waals surface area contributed by atoms with Crippen LogP contribution in [0.1, 0.15) is 25.3 Å². The van der Waals surface area contributed by atoms with Gasteiger partial charge in [-0.3, -0.25) is 24.8 Å². The molecule has 9 nitrogen and oxygen atoms in total. The maximum atomic E-state index is 12.6. The Morgan fingerprint density at radius 3 is 2.37 bits per heavy atom. The number of halogens is 1. The minimum atomic E-state index is -0.364. The molecule has 0 spiro atoms. The Balaban J connectivity index is 0.00000320. The largest absolute Gasteiger partial charge is 0.352 e. The predicted molar refractivity (Wildman–Crippen MR) is 127 cm³/mol. The lowest BCUT2D eigenvalue weighted by atomic mass is 10.2. The van der Waals surface area contributed by atoms with E-state index in [4.69, 9.17) is 0 Å². The van der Waals surface area contributed by atoms with Gasteiger partial charge in [-0.05, 0) is 19.8 Å².